The highest BCUT2D eigenvalue weighted by Crippen LogP contribution is 2.16. The van der Waals surface area contributed by atoms with Gasteiger partial charge in [-0.15, -0.1) is 11.3 Å². The monoisotopic (exact) mass is 333 g/mol. The number of anilines is 1. The first-order chi connectivity index (χ1) is 11.0. The predicted octanol–water partition coefficient (Wildman–Crippen LogP) is 1.53. The van der Waals surface area contributed by atoms with Gasteiger partial charge in [0.15, 0.2) is 5.13 Å². The van der Waals surface area contributed by atoms with Crippen LogP contribution in [0.1, 0.15) is 23.0 Å². The maximum absolute atomic E-state index is 11.9. The maximum atomic E-state index is 11.9. The number of amides is 2. The highest BCUT2D eigenvalue weighted by atomic mass is 32.1. The number of thiazole rings is 1. The molecule has 2 aromatic rings. The van der Waals surface area contributed by atoms with Crippen LogP contribution in [-0.2, 0) is 16.0 Å². The van der Waals surface area contributed by atoms with Crippen molar-refractivity contribution in [2.45, 2.75) is 19.4 Å². The fourth-order valence-corrected chi connectivity index (χ4v) is 2.42. The Kier molecular flexibility index (Phi) is 5.42. The number of hydrogen-bond donors (Lipinski definition) is 3. The molecule has 2 amide bonds. The predicted molar refractivity (Wildman–Crippen MR) is 85.5 cm³/mol. The van der Waals surface area contributed by atoms with E-state index in [1.165, 1.54) is 12.3 Å². The van der Waals surface area contributed by atoms with Crippen LogP contribution in [0, 0.1) is 0 Å². The van der Waals surface area contributed by atoms with Crippen molar-refractivity contribution in [3.8, 4) is 0 Å². The Balaban J connectivity index is 1.93. The van der Waals surface area contributed by atoms with E-state index in [1.807, 2.05) is 30.3 Å². The van der Waals surface area contributed by atoms with Gasteiger partial charge in [0.2, 0.25) is 5.91 Å². The van der Waals surface area contributed by atoms with Crippen LogP contribution in [-0.4, -0.2) is 33.9 Å². The molecule has 7 nitrogen and oxygen atoms in total. The van der Waals surface area contributed by atoms with Crippen molar-refractivity contribution in [1.82, 2.24) is 10.3 Å². The molecule has 0 aliphatic carbocycles. The van der Waals surface area contributed by atoms with E-state index in [4.69, 9.17) is 5.11 Å². The Morgan fingerprint density at radius 2 is 1.96 bits per heavy atom. The Labute approximate surface area is 136 Å². The second kappa shape index (κ2) is 7.50. The van der Waals surface area contributed by atoms with Crippen molar-refractivity contribution in [2.24, 2.45) is 0 Å². The van der Waals surface area contributed by atoms with Gasteiger partial charge in [-0.25, -0.2) is 4.98 Å². The van der Waals surface area contributed by atoms with Crippen LogP contribution in [0.5, 0.6) is 0 Å². The molecular formula is C15H15N3O4S. The Morgan fingerprint density at radius 3 is 2.61 bits per heavy atom. The third-order valence-electron chi connectivity index (χ3n) is 2.91. The highest BCUT2D eigenvalue weighted by Gasteiger charge is 2.18. The van der Waals surface area contributed by atoms with Gasteiger partial charge in [-0.3, -0.25) is 14.4 Å². The van der Waals surface area contributed by atoms with Gasteiger partial charge in [-0.1, -0.05) is 30.3 Å². The van der Waals surface area contributed by atoms with Gasteiger partial charge in [0.1, 0.15) is 11.7 Å². The number of rotatable bonds is 6. The van der Waals surface area contributed by atoms with Crippen LogP contribution >= 0.6 is 11.3 Å². The highest BCUT2D eigenvalue weighted by molar-refractivity contribution is 7.14. The largest absolute Gasteiger partial charge is 0.480 e. The number of hydrogen-bond acceptors (Lipinski definition) is 5. The summed E-state index contributed by atoms with van der Waals surface area (Å²) in [6.45, 7) is 1.36. The van der Waals surface area contributed by atoms with Crippen LogP contribution in [0.4, 0.5) is 5.13 Å². The van der Waals surface area contributed by atoms with Crippen molar-refractivity contribution in [3.63, 3.8) is 0 Å². The smallest absolute Gasteiger partial charge is 0.325 e. The molecule has 1 aromatic carbocycles. The molecule has 1 aromatic heterocycles. The molecule has 1 unspecified atom stereocenters. The molecule has 0 aliphatic heterocycles. The average molecular weight is 333 g/mol. The summed E-state index contributed by atoms with van der Waals surface area (Å²) in [5, 5.41) is 15.4. The minimum atomic E-state index is -1.13. The van der Waals surface area contributed by atoms with Gasteiger partial charge in [0, 0.05) is 5.38 Å². The normalized spacial score (nSPS) is 11.5. The van der Waals surface area contributed by atoms with Gasteiger partial charge < -0.3 is 15.7 Å². The van der Waals surface area contributed by atoms with Crippen molar-refractivity contribution >= 4 is 34.3 Å². The van der Waals surface area contributed by atoms with E-state index in [0.29, 0.717) is 5.13 Å². The van der Waals surface area contributed by atoms with Crippen LogP contribution in [0.2, 0.25) is 0 Å². The lowest BCUT2D eigenvalue weighted by atomic mass is 10.1. The number of carbonyl (C=O) groups excluding carboxylic acids is 2. The van der Waals surface area contributed by atoms with E-state index in [9.17, 15) is 14.4 Å². The van der Waals surface area contributed by atoms with Crippen molar-refractivity contribution in [3.05, 3.63) is 47.0 Å². The molecule has 1 atom stereocenters. The second-order valence-electron chi connectivity index (χ2n) is 4.78. The lowest BCUT2D eigenvalue weighted by Gasteiger charge is -2.06. The molecule has 0 saturated heterocycles. The number of aliphatic carboxylic acids is 1. The molecule has 0 fully saturated rings. The zero-order chi connectivity index (χ0) is 16.8. The number of nitrogens with one attached hydrogen (secondary N) is 2. The summed E-state index contributed by atoms with van der Waals surface area (Å²) >= 11 is 1.10. The summed E-state index contributed by atoms with van der Waals surface area (Å²) in [6, 6.07) is 8.23. The zero-order valence-corrected chi connectivity index (χ0v) is 13.1. The number of nitrogens with zero attached hydrogens (tertiary/aromatic N) is 1. The van der Waals surface area contributed by atoms with E-state index in [-0.39, 0.29) is 18.0 Å². The van der Waals surface area contributed by atoms with Gasteiger partial charge >= 0.3 is 5.97 Å². The molecule has 8 heteroatoms. The zero-order valence-electron chi connectivity index (χ0n) is 12.3. The fourth-order valence-electron chi connectivity index (χ4n) is 1.71. The summed E-state index contributed by atoms with van der Waals surface area (Å²) in [7, 11) is 0. The van der Waals surface area contributed by atoms with E-state index >= 15 is 0 Å². The minimum absolute atomic E-state index is 0.0677. The third kappa shape index (κ3) is 4.89. The Hall–Kier alpha value is -2.74. The van der Waals surface area contributed by atoms with Crippen LogP contribution in [0.3, 0.4) is 0 Å². The van der Waals surface area contributed by atoms with Crippen LogP contribution in [0.25, 0.3) is 0 Å². The third-order valence-corrected chi connectivity index (χ3v) is 3.67. The molecular weight excluding hydrogens is 318 g/mol. The molecule has 0 bridgehead atoms. The Bertz CT molecular complexity index is 715. The second-order valence-corrected chi connectivity index (χ2v) is 5.64. The standard InChI is InChI=1S/C15H15N3O4S/c1-9(14(21)22)16-13(20)11-8-23-15(17-11)18-12(19)7-10-5-3-2-4-6-10/h2-6,8-9H,7H2,1H3,(H,16,20)(H,21,22)(H,17,18,19). The molecule has 2 rings (SSSR count). The molecule has 120 valence electrons. The van der Waals surface area contributed by atoms with E-state index in [0.717, 1.165) is 16.9 Å². The lowest BCUT2D eigenvalue weighted by molar-refractivity contribution is -0.138. The quantitative estimate of drug-likeness (QED) is 0.743. The first-order valence-corrected chi connectivity index (χ1v) is 7.66. The molecule has 1 heterocycles. The SMILES string of the molecule is CC(NC(=O)c1csc(NC(=O)Cc2ccccc2)n1)C(=O)O. The lowest BCUT2D eigenvalue weighted by Crippen LogP contribution is -2.38. The maximum Gasteiger partial charge on any atom is 0.325 e. The summed E-state index contributed by atoms with van der Waals surface area (Å²) in [5.41, 5.74) is 0.938. The van der Waals surface area contributed by atoms with E-state index in [1.54, 1.807) is 0 Å². The first kappa shape index (κ1) is 16.6. The van der Waals surface area contributed by atoms with Gasteiger partial charge in [-0.05, 0) is 12.5 Å². The number of benzene rings is 1. The van der Waals surface area contributed by atoms with Crippen LogP contribution in [0.15, 0.2) is 35.7 Å². The van der Waals surface area contributed by atoms with Crippen molar-refractivity contribution < 1.29 is 19.5 Å². The number of aromatic nitrogens is 1. The molecule has 0 aliphatic rings. The molecule has 0 saturated carbocycles. The summed E-state index contributed by atoms with van der Waals surface area (Å²) in [4.78, 5) is 38.4. The summed E-state index contributed by atoms with van der Waals surface area (Å²) in [6.07, 6.45) is 0.206. The summed E-state index contributed by atoms with van der Waals surface area (Å²) in [5.74, 6) is -1.97. The molecule has 3 N–H and O–H groups in total. The number of carboxylic acids is 1. The Morgan fingerprint density at radius 1 is 1.26 bits per heavy atom. The molecule has 23 heavy (non-hydrogen) atoms. The van der Waals surface area contributed by atoms with E-state index in [2.05, 4.69) is 15.6 Å². The van der Waals surface area contributed by atoms with Gasteiger partial charge in [-0.2, -0.15) is 0 Å². The topological polar surface area (TPSA) is 108 Å². The fraction of sp³-hybridized carbons (Fsp3) is 0.200. The number of carbonyl (C=O) groups is 3. The first-order valence-electron chi connectivity index (χ1n) is 6.78. The van der Waals surface area contributed by atoms with E-state index < -0.39 is 17.9 Å². The minimum Gasteiger partial charge on any atom is -0.480 e. The molecule has 0 spiro atoms. The van der Waals surface area contributed by atoms with Crippen molar-refractivity contribution in [1.29, 1.82) is 0 Å². The van der Waals surface area contributed by atoms with Gasteiger partial charge in [0.25, 0.3) is 5.91 Å². The van der Waals surface area contributed by atoms with Crippen LogP contribution < -0.4 is 10.6 Å². The average Bonchev–Trinajstić information content (AvgIpc) is 2.96. The van der Waals surface area contributed by atoms with Crippen molar-refractivity contribution in [2.75, 3.05) is 5.32 Å². The number of carboxylic acid groups (broad SMARTS) is 1. The van der Waals surface area contributed by atoms with Gasteiger partial charge in [0.05, 0.1) is 6.42 Å². The summed E-state index contributed by atoms with van der Waals surface area (Å²) < 4.78 is 0. The molecule has 0 radical (unpaired) electrons.